The molecule has 0 saturated carbocycles. The molecule has 0 fully saturated rings. The minimum absolute atomic E-state index is 0.370. The van der Waals surface area contributed by atoms with Crippen LogP contribution in [-0.2, 0) is 0 Å². The summed E-state index contributed by atoms with van der Waals surface area (Å²) in [5, 5.41) is 0. The van der Waals surface area contributed by atoms with Crippen molar-refractivity contribution < 1.29 is 9.15 Å². The number of para-hydroxylation sites is 2. The van der Waals surface area contributed by atoms with Gasteiger partial charge in [0.15, 0.2) is 5.58 Å². The Bertz CT molecular complexity index is 1070. The summed E-state index contributed by atoms with van der Waals surface area (Å²) in [6.07, 6.45) is 4.44. The van der Waals surface area contributed by atoms with Crippen LogP contribution in [0.15, 0.2) is 59.3 Å². The number of aromatic nitrogens is 3. The number of nitrogen functional groups attached to an aromatic ring is 1. The molecule has 3 aromatic heterocycles. The molecule has 0 aliphatic heterocycles. The molecule has 7 heteroatoms. The largest absolute Gasteiger partial charge is 0.478 e. The fraction of sp³-hybridized carbons (Fsp3) is 0.227. The minimum atomic E-state index is 0.370. The Morgan fingerprint density at radius 2 is 1.86 bits per heavy atom. The predicted molar refractivity (Wildman–Crippen MR) is 114 cm³/mol. The van der Waals surface area contributed by atoms with Gasteiger partial charge < -0.3 is 19.8 Å². The van der Waals surface area contributed by atoms with Gasteiger partial charge in [0.2, 0.25) is 11.8 Å². The van der Waals surface area contributed by atoms with Crippen LogP contribution >= 0.6 is 0 Å². The van der Waals surface area contributed by atoms with Crippen molar-refractivity contribution in [3.05, 3.63) is 54.9 Å². The second-order valence-electron chi connectivity index (χ2n) is 7.03. The monoisotopic (exact) mass is 389 g/mol. The molecule has 1 aromatic carbocycles. The van der Waals surface area contributed by atoms with Gasteiger partial charge in [-0.15, -0.1) is 0 Å². The molecule has 0 unspecified atom stereocenters. The number of nitrogens with two attached hydrogens (primary N) is 1. The van der Waals surface area contributed by atoms with E-state index in [-0.39, 0.29) is 0 Å². The molecular weight excluding hydrogens is 366 g/mol. The molecule has 0 bridgehead atoms. The number of nitrogens with zero attached hydrogens (tertiary/aromatic N) is 4. The van der Waals surface area contributed by atoms with Crippen molar-refractivity contribution in [2.24, 2.45) is 0 Å². The maximum atomic E-state index is 6.08. The van der Waals surface area contributed by atoms with Crippen molar-refractivity contribution in [3.63, 3.8) is 0 Å². The maximum absolute atomic E-state index is 6.08. The maximum Gasteiger partial charge on any atom is 0.231 e. The van der Waals surface area contributed by atoms with Crippen molar-refractivity contribution in [3.8, 4) is 28.5 Å². The van der Waals surface area contributed by atoms with Crippen molar-refractivity contribution in [2.75, 3.05) is 33.0 Å². The molecule has 4 rings (SSSR count). The van der Waals surface area contributed by atoms with E-state index in [1.165, 1.54) is 0 Å². The van der Waals surface area contributed by atoms with Crippen molar-refractivity contribution >= 4 is 16.9 Å². The number of oxazole rings is 1. The summed E-state index contributed by atoms with van der Waals surface area (Å²) >= 11 is 0. The summed E-state index contributed by atoms with van der Waals surface area (Å²) in [7, 11) is 4.09. The van der Waals surface area contributed by atoms with Gasteiger partial charge in [-0.2, -0.15) is 0 Å². The van der Waals surface area contributed by atoms with Gasteiger partial charge in [-0.3, -0.25) is 0 Å². The highest BCUT2D eigenvalue weighted by Gasteiger charge is 2.13. The van der Waals surface area contributed by atoms with E-state index in [0.29, 0.717) is 35.3 Å². The molecule has 148 valence electrons. The van der Waals surface area contributed by atoms with Gasteiger partial charge in [0.1, 0.15) is 11.3 Å². The van der Waals surface area contributed by atoms with Crippen LogP contribution in [0, 0.1) is 0 Å². The fourth-order valence-corrected chi connectivity index (χ4v) is 2.99. The number of anilines is 1. The van der Waals surface area contributed by atoms with Crippen LogP contribution in [0.25, 0.3) is 33.7 Å². The second kappa shape index (κ2) is 8.28. The zero-order valence-electron chi connectivity index (χ0n) is 16.5. The zero-order valence-corrected chi connectivity index (χ0v) is 16.5. The molecule has 0 aliphatic rings. The minimum Gasteiger partial charge on any atom is -0.478 e. The summed E-state index contributed by atoms with van der Waals surface area (Å²) in [5.41, 5.74) is 10.0. The topological polar surface area (TPSA) is 90.3 Å². The Morgan fingerprint density at radius 3 is 2.62 bits per heavy atom. The lowest BCUT2D eigenvalue weighted by Crippen LogP contribution is -2.15. The fourth-order valence-electron chi connectivity index (χ4n) is 2.99. The highest BCUT2D eigenvalue weighted by atomic mass is 16.5. The van der Waals surface area contributed by atoms with E-state index in [9.17, 15) is 0 Å². The number of hydrogen-bond donors (Lipinski definition) is 1. The Kier molecular flexibility index (Phi) is 5.39. The lowest BCUT2D eigenvalue weighted by atomic mass is 10.1. The number of benzene rings is 1. The van der Waals surface area contributed by atoms with Crippen LogP contribution in [0.2, 0.25) is 0 Å². The zero-order chi connectivity index (χ0) is 20.2. The van der Waals surface area contributed by atoms with Crippen molar-refractivity contribution in [2.45, 2.75) is 6.42 Å². The molecular formula is C22H23N5O2. The van der Waals surface area contributed by atoms with Crippen LogP contribution in [0.3, 0.4) is 0 Å². The first-order valence-corrected chi connectivity index (χ1v) is 9.45. The SMILES string of the molecule is CN(C)CCCOc1ccc(-c2cnc(N)c(-c3nc4ccccc4o3)c2)cn1. The predicted octanol–water partition coefficient (Wildman–Crippen LogP) is 3.86. The number of rotatable bonds is 7. The van der Waals surface area contributed by atoms with Crippen LogP contribution in [0.5, 0.6) is 5.88 Å². The molecule has 0 aliphatic carbocycles. The number of pyridine rings is 2. The normalized spacial score (nSPS) is 11.3. The molecule has 4 aromatic rings. The first kappa shape index (κ1) is 18.9. The van der Waals surface area contributed by atoms with Gasteiger partial charge in [0.05, 0.1) is 12.2 Å². The van der Waals surface area contributed by atoms with E-state index in [1.54, 1.807) is 12.4 Å². The molecule has 0 spiro atoms. The van der Waals surface area contributed by atoms with E-state index in [0.717, 1.165) is 29.6 Å². The third-order valence-electron chi connectivity index (χ3n) is 4.51. The highest BCUT2D eigenvalue weighted by molar-refractivity contribution is 5.80. The van der Waals surface area contributed by atoms with Gasteiger partial charge in [-0.05, 0) is 44.8 Å². The average molecular weight is 389 g/mol. The quantitative estimate of drug-likeness (QED) is 0.480. The first-order chi connectivity index (χ1) is 14.1. The molecule has 2 N–H and O–H groups in total. The van der Waals surface area contributed by atoms with E-state index in [1.807, 2.05) is 56.6 Å². The van der Waals surface area contributed by atoms with E-state index < -0.39 is 0 Å². The van der Waals surface area contributed by atoms with Gasteiger partial charge in [0.25, 0.3) is 0 Å². The van der Waals surface area contributed by atoms with Crippen molar-refractivity contribution in [1.82, 2.24) is 19.9 Å². The first-order valence-electron chi connectivity index (χ1n) is 9.45. The molecule has 0 radical (unpaired) electrons. The molecule has 7 nitrogen and oxygen atoms in total. The van der Waals surface area contributed by atoms with Crippen molar-refractivity contribution in [1.29, 1.82) is 0 Å². The van der Waals surface area contributed by atoms with E-state index >= 15 is 0 Å². The van der Waals surface area contributed by atoms with Gasteiger partial charge in [-0.25, -0.2) is 15.0 Å². The Balaban J connectivity index is 1.54. The summed E-state index contributed by atoms with van der Waals surface area (Å²) in [4.78, 5) is 15.4. The summed E-state index contributed by atoms with van der Waals surface area (Å²) in [5.74, 6) is 1.43. The standard InChI is InChI=1S/C22H23N5O2/c1-27(2)10-5-11-28-20-9-8-15(13-24-20)16-12-17(21(23)25-14-16)22-26-18-6-3-4-7-19(18)29-22/h3-4,6-9,12-14H,5,10-11H2,1-2H3,(H2,23,25). The molecule has 0 saturated heterocycles. The van der Waals surface area contributed by atoms with Gasteiger partial charge in [-0.1, -0.05) is 12.1 Å². The molecule has 3 heterocycles. The van der Waals surface area contributed by atoms with E-state index in [2.05, 4.69) is 19.9 Å². The number of ether oxygens (including phenoxy) is 1. The second-order valence-corrected chi connectivity index (χ2v) is 7.03. The number of hydrogen-bond acceptors (Lipinski definition) is 7. The molecule has 29 heavy (non-hydrogen) atoms. The summed E-state index contributed by atoms with van der Waals surface area (Å²) in [6.45, 7) is 1.61. The van der Waals surface area contributed by atoms with Gasteiger partial charge >= 0.3 is 0 Å². The van der Waals surface area contributed by atoms with Crippen LogP contribution in [-0.4, -0.2) is 47.1 Å². The Hall–Kier alpha value is -3.45. The van der Waals surface area contributed by atoms with Crippen LogP contribution in [0.4, 0.5) is 5.82 Å². The lowest BCUT2D eigenvalue weighted by Gasteiger charge is -2.10. The summed E-state index contributed by atoms with van der Waals surface area (Å²) in [6, 6.07) is 13.3. The lowest BCUT2D eigenvalue weighted by molar-refractivity contribution is 0.273. The summed E-state index contributed by atoms with van der Waals surface area (Å²) < 4.78 is 11.5. The number of fused-ring (bicyclic) bond motifs is 1. The molecule has 0 amide bonds. The van der Waals surface area contributed by atoms with Crippen LogP contribution in [0.1, 0.15) is 6.42 Å². The Morgan fingerprint density at radius 1 is 1.03 bits per heavy atom. The Labute approximate surface area is 169 Å². The molecule has 0 atom stereocenters. The van der Waals surface area contributed by atoms with E-state index in [4.69, 9.17) is 14.9 Å². The smallest absolute Gasteiger partial charge is 0.231 e. The van der Waals surface area contributed by atoms with Gasteiger partial charge in [0, 0.05) is 36.1 Å². The van der Waals surface area contributed by atoms with Crippen LogP contribution < -0.4 is 10.5 Å². The third kappa shape index (κ3) is 4.35. The average Bonchev–Trinajstić information content (AvgIpc) is 3.16. The highest BCUT2D eigenvalue weighted by Crippen LogP contribution is 2.31. The third-order valence-corrected chi connectivity index (χ3v) is 4.51.